The Morgan fingerprint density at radius 3 is 2.41 bits per heavy atom. The number of carbonyl (C=O) groups is 3. The molecule has 12 nitrogen and oxygen atoms in total. The number of amides is 4. The molecule has 4 amide bonds. The zero-order valence-electron chi connectivity index (χ0n) is 19.0. The van der Waals surface area contributed by atoms with E-state index in [1.165, 1.54) is 33.5 Å². The van der Waals surface area contributed by atoms with Crippen LogP contribution < -0.4 is 16.0 Å². The van der Waals surface area contributed by atoms with E-state index < -0.39 is 22.0 Å². The molecule has 1 saturated carbocycles. The summed E-state index contributed by atoms with van der Waals surface area (Å²) in [6, 6.07) is 1.40. The molecule has 4 heterocycles. The van der Waals surface area contributed by atoms with E-state index in [1.54, 1.807) is 16.8 Å². The average Bonchev–Trinajstić information content (AvgIpc) is 3.48. The maximum atomic E-state index is 12.6. The maximum absolute atomic E-state index is 12.6. The Morgan fingerprint density at radius 1 is 1.18 bits per heavy atom. The van der Waals surface area contributed by atoms with Gasteiger partial charge in [-0.25, -0.2) is 22.0 Å². The predicted octanol–water partition coefficient (Wildman–Crippen LogP) is 0.304. The van der Waals surface area contributed by atoms with Gasteiger partial charge in [0.25, 0.3) is 5.91 Å². The van der Waals surface area contributed by atoms with Gasteiger partial charge in [0.05, 0.1) is 41.1 Å². The second-order valence-corrected chi connectivity index (χ2v) is 11.3. The number of primary amides is 1. The molecule has 2 aromatic heterocycles. The molecular weight excluding hydrogens is 462 g/mol. The number of rotatable bonds is 5. The Bertz CT molecular complexity index is 1290. The van der Waals surface area contributed by atoms with E-state index in [9.17, 15) is 22.8 Å². The molecule has 3 N–H and O–H groups in total. The number of nitrogens with one attached hydrogen (secondary N) is 1. The van der Waals surface area contributed by atoms with Crippen LogP contribution in [-0.2, 0) is 14.8 Å². The second-order valence-electron chi connectivity index (χ2n) is 9.34. The average molecular weight is 490 g/mol. The SMILES string of the molecule is CC(=O)N1CCN(c2cc3c(NC4CC5CN(S(C)(=O)=O)C[C@@H]5C4)c(C(N)=O)cnn3c2)C1=O. The van der Waals surface area contributed by atoms with Crippen molar-refractivity contribution in [3.8, 4) is 0 Å². The van der Waals surface area contributed by atoms with Crippen LogP contribution in [0.5, 0.6) is 0 Å². The lowest BCUT2D eigenvalue weighted by Crippen LogP contribution is -2.34. The predicted molar refractivity (Wildman–Crippen MR) is 124 cm³/mol. The number of nitrogens with zero attached hydrogens (tertiary/aromatic N) is 5. The van der Waals surface area contributed by atoms with E-state index in [1.807, 2.05) is 0 Å². The van der Waals surface area contributed by atoms with Crippen molar-refractivity contribution in [2.45, 2.75) is 25.8 Å². The van der Waals surface area contributed by atoms with Crippen LogP contribution in [0, 0.1) is 11.8 Å². The number of hydrogen-bond donors (Lipinski definition) is 2. The highest BCUT2D eigenvalue weighted by atomic mass is 32.2. The van der Waals surface area contributed by atoms with Gasteiger partial charge in [-0.3, -0.25) is 19.4 Å². The van der Waals surface area contributed by atoms with Crippen molar-refractivity contribution in [1.82, 2.24) is 18.8 Å². The largest absolute Gasteiger partial charge is 0.380 e. The molecule has 2 aliphatic heterocycles. The van der Waals surface area contributed by atoms with Gasteiger partial charge >= 0.3 is 6.03 Å². The van der Waals surface area contributed by atoms with Crippen molar-refractivity contribution < 1.29 is 22.8 Å². The van der Waals surface area contributed by atoms with Gasteiger partial charge in [0, 0.05) is 39.1 Å². The lowest BCUT2D eigenvalue weighted by Gasteiger charge is -2.20. The molecule has 3 fully saturated rings. The van der Waals surface area contributed by atoms with Crippen LogP contribution in [0.4, 0.5) is 16.2 Å². The first-order chi connectivity index (χ1) is 16.0. The number of urea groups is 1. The molecule has 2 unspecified atom stereocenters. The molecule has 2 aromatic rings. The highest BCUT2D eigenvalue weighted by Crippen LogP contribution is 2.41. The van der Waals surface area contributed by atoms with Gasteiger partial charge in [-0.2, -0.15) is 5.10 Å². The number of anilines is 2. The van der Waals surface area contributed by atoms with Crippen LogP contribution in [0.2, 0.25) is 0 Å². The monoisotopic (exact) mass is 489 g/mol. The summed E-state index contributed by atoms with van der Waals surface area (Å²) in [5, 5.41) is 7.75. The Morgan fingerprint density at radius 2 is 1.85 bits per heavy atom. The minimum Gasteiger partial charge on any atom is -0.380 e. The van der Waals surface area contributed by atoms with E-state index in [0.717, 1.165) is 12.8 Å². The normalized spacial score (nSPS) is 25.4. The Hall–Kier alpha value is -3.19. The molecule has 5 rings (SSSR count). The first-order valence-corrected chi connectivity index (χ1v) is 13.0. The molecule has 182 valence electrons. The van der Waals surface area contributed by atoms with Crippen LogP contribution in [0.3, 0.4) is 0 Å². The molecule has 0 aromatic carbocycles. The summed E-state index contributed by atoms with van der Waals surface area (Å²) in [6.45, 7) is 3.04. The third-order valence-electron chi connectivity index (χ3n) is 7.12. The minimum absolute atomic E-state index is 0.0426. The molecule has 0 spiro atoms. The van der Waals surface area contributed by atoms with Gasteiger partial charge in [0.2, 0.25) is 15.9 Å². The van der Waals surface area contributed by atoms with Crippen LogP contribution >= 0.6 is 0 Å². The number of aromatic nitrogens is 2. The smallest absolute Gasteiger partial charge is 0.331 e. The third kappa shape index (κ3) is 3.78. The molecule has 34 heavy (non-hydrogen) atoms. The van der Waals surface area contributed by atoms with Crippen LogP contribution in [0.15, 0.2) is 18.5 Å². The summed E-state index contributed by atoms with van der Waals surface area (Å²) in [6.07, 6.45) is 5.86. The number of fused-ring (bicyclic) bond motifs is 2. The van der Waals surface area contributed by atoms with Gasteiger partial charge < -0.3 is 11.1 Å². The molecular formula is C21H27N7O5S. The van der Waals surface area contributed by atoms with Gasteiger partial charge in [0.15, 0.2) is 0 Å². The minimum atomic E-state index is -3.20. The topological polar surface area (TPSA) is 150 Å². The fourth-order valence-corrected chi connectivity index (χ4v) is 6.37. The van der Waals surface area contributed by atoms with Gasteiger partial charge in [0.1, 0.15) is 0 Å². The Balaban J connectivity index is 1.42. The van der Waals surface area contributed by atoms with Crippen molar-refractivity contribution >= 4 is 44.8 Å². The molecule has 3 aliphatic rings. The maximum Gasteiger partial charge on any atom is 0.331 e. The fraction of sp³-hybridized carbons (Fsp3) is 0.524. The zero-order valence-corrected chi connectivity index (χ0v) is 19.8. The number of hydrogen-bond acceptors (Lipinski definition) is 7. The summed E-state index contributed by atoms with van der Waals surface area (Å²) in [4.78, 5) is 39.2. The second kappa shape index (κ2) is 7.94. The Labute approximate surface area is 196 Å². The first kappa shape index (κ1) is 22.6. The van der Waals surface area contributed by atoms with E-state index in [0.29, 0.717) is 43.1 Å². The molecule has 0 radical (unpaired) electrons. The van der Waals surface area contributed by atoms with Crippen molar-refractivity contribution in [2.75, 3.05) is 42.7 Å². The number of sulfonamides is 1. The summed E-state index contributed by atoms with van der Waals surface area (Å²) < 4.78 is 26.9. The van der Waals surface area contributed by atoms with Crippen molar-refractivity contribution in [2.24, 2.45) is 17.6 Å². The van der Waals surface area contributed by atoms with E-state index in [-0.39, 0.29) is 29.3 Å². The van der Waals surface area contributed by atoms with Crippen LogP contribution in [-0.4, -0.2) is 83.6 Å². The third-order valence-corrected chi connectivity index (χ3v) is 8.36. The lowest BCUT2D eigenvalue weighted by molar-refractivity contribution is -0.125. The molecule has 0 bridgehead atoms. The summed E-state index contributed by atoms with van der Waals surface area (Å²) in [5.74, 6) is -0.427. The zero-order chi connectivity index (χ0) is 24.4. The number of carbonyl (C=O) groups excluding carboxylic acids is 3. The van der Waals surface area contributed by atoms with Gasteiger partial charge in [-0.15, -0.1) is 0 Å². The first-order valence-electron chi connectivity index (χ1n) is 11.2. The molecule has 3 atom stereocenters. The van der Waals surface area contributed by atoms with Crippen molar-refractivity contribution in [1.29, 1.82) is 0 Å². The number of nitrogens with two attached hydrogens (primary N) is 1. The van der Waals surface area contributed by atoms with Gasteiger partial charge in [-0.1, -0.05) is 0 Å². The molecule has 2 saturated heterocycles. The Kier molecular flexibility index (Phi) is 5.28. The van der Waals surface area contributed by atoms with Crippen LogP contribution in [0.1, 0.15) is 30.1 Å². The van der Waals surface area contributed by atoms with E-state index >= 15 is 0 Å². The summed E-state index contributed by atoms with van der Waals surface area (Å²) >= 11 is 0. The standard InChI is InChI=1S/C21H27N7O5S/c1-12(29)26-3-4-27(21(26)31)16-7-18-19(17(20(22)30)8-23-28(18)11-16)24-15-5-13-9-25(34(2,32)33)10-14(13)6-15/h7-8,11,13-15,24H,3-6,9-10H2,1-2H3,(H2,22,30)/t13-,14?,15?/m0/s1. The van der Waals surface area contributed by atoms with E-state index in [4.69, 9.17) is 5.73 Å². The van der Waals surface area contributed by atoms with E-state index in [2.05, 4.69) is 10.4 Å². The molecule has 1 aliphatic carbocycles. The summed E-state index contributed by atoms with van der Waals surface area (Å²) in [5.41, 5.74) is 7.57. The lowest BCUT2D eigenvalue weighted by atomic mass is 10.0. The fourth-order valence-electron chi connectivity index (χ4n) is 5.45. The molecule has 13 heteroatoms. The highest BCUT2D eigenvalue weighted by Gasteiger charge is 2.43. The van der Waals surface area contributed by atoms with Crippen LogP contribution in [0.25, 0.3) is 5.52 Å². The van der Waals surface area contributed by atoms with Crippen molar-refractivity contribution in [3.05, 3.63) is 24.0 Å². The highest BCUT2D eigenvalue weighted by molar-refractivity contribution is 7.88. The summed E-state index contributed by atoms with van der Waals surface area (Å²) in [7, 11) is -3.20. The van der Waals surface area contributed by atoms with Crippen molar-refractivity contribution in [3.63, 3.8) is 0 Å². The van der Waals surface area contributed by atoms with Gasteiger partial charge in [-0.05, 0) is 30.7 Å². The quantitative estimate of drug-likeness (QED) is 0.613. The number of imide groups is 1.